The number of aromatic nitrogens is 1. The Kier molecular flexibility index (Phi) is 5.13. The first-order chi connectivity index (χ1) is 13.6. The molecule has 0 saturated carbocycles. The van der Waals surface area contributed by atoms with Gasteiger partial charge in [0.05, 0.1) is 17.7 Å². The molecule has 1 atom stereocenters. The molecule has 2 aliphatic rings. The van der Waals surface area contributed by atoms with Crippen LogP contribution in [0.2, 0.25) is 0 Å². The fourth-order valence-electron chi connectivity index (χ4n) is 4.01. The molecule has 2 aromatic rings. The summed E-state index contributed by atoms with van der Waals surface area (Å²) in [5.74, 6) is -0.00362. The summed E-state index contributed by atoms with van der Waals surface area (Å²) in [6.45, 7) is 3.83. The Morgan fingerprint density at radius 2 is 1.93 bits per heavy atom. The fraction of sp³-hybridized carbons (Fsp3) is 0.409. The zero-order valence-electron chi connectivity index (χ0n) is 16.1. The van der Waals surface area contributed by atoms with Gasteiger partial charge in [-0.15, -0.1) is 0 Å². The smallest absolute Gasteiger partial charge is 0.255 e. The highest BCUT2D eigenvalue weighted by Crippen LogP contribution is 2.33. The standard InChI is InChI=1S/C22H25N3O3/c1-17-8-9-18(14-23-17)21(27)24-12-5-10-22(11-13-24)16-25(20(26)15-28-22)19-6-3-2-4-7-19/h2-4,6-9,14H,5,10-13,15-16H2,1H3. The Balaban J connectivity index is 1.47. The Morgan fingerprint density at radius 1 is 1.11 bits per heavy atom. The summed E-state index contributed by atoms with van der Waals surface area (Å²) < 4.78 is 6.06. The van der Waals surface area contributed by atoms with Gasteiger partial charge in [0.1, 0.15) is 6.61 Å². The molecule has 3 heterocycles. The van der Waals surface area contributed by atoms with Crippen molar-refractivity contribution < 1.29 is 14.3 Å². The summed E-state index contributed by atoms with van der Waals surface area (Å²) in [6, 6.07) is 13.4. The number of amides is 2. The van der Waals surface area contributed by atoms with Gasteiger partial charge in [0.2, 0.25) is 0 Å². The molecule has 2 aliphatic heterocycles. The maximum absolute atomic E-state index is 12.9. The maximum Gasteiger partial charge on any atom is 0.255 e. The SMILES string of the molecule is Cc1ccc(C(=O)N2CCCC3(CC2)CN(c2ccccc2)C(=O)CO3)cn1. The van der Waals surface area contributed by atoms with Crippen LogP contribution in [0.4, 0.5) is 5.69 Å². The van der Waals surface area contributed by atoms with Crippen molar-refractivity contribution in [1.82, 2.24) is 9.88 Å². The molecule has 6 heteroatoms. The minimum Gasteiger partial charge on any atom is -0.363 e. The predicted octanol–water partition coefficient (Wildman–Crippen LogP) is 2.82. The van der Waals surface area contributed by atoms with E-state index in [1.807, 2.05) is 59.2 Å². The van der Waals surface area contributed by atoms with Gasteiger partial charge in [-0.1, -0.05) is 18.2 Å². The van der Waals surface area contributed by atoms with Crippen molar-refractivity contribution in [2.75, 3.05) is 31.1 Å². The van der Waals surface area contributed by atoms with Crippen molar-refractivity contribution >= 4 is 17.5 Å². The number of benzene rings is 1. The lowest BCUT2D eigenvalue weighted by molar-refractivity contribution is -0.140. The summed E-state index contributed by atoms with van der Waals surface area (Å²) in [4.78, 5) is 33.2. The summed E-state index contributed by atoms with van der Waals surface area (Å²) in [5, 5.41) is 0. The van der Waals surface area contributed by atoms with Crippen LogP contribution in [-0.2, 0) is 9.53 Å². The zero-order valence-corrected chi connectivity index (χ0v) is 16.1. The van der Waals surface area contributed by atoms with E-state index in [1.54, 1.807) is 6.20 Å². The number of ether oxygens (including phenoxy) is 1. The first-order valence-corrected chi connectivity index (χ1v) is 9.78. The number of morpholine rings is 1. The number of likely N-dealkylation sites (tertiary alicyclic amines) is 1. The molecule has 0 radical (unpaired) electrons. The zero-order chi connectivity index (χ0) is 19.6. The minimum absolute atomic E-state index is 0.0105. The van der Waals surface area contributed by atoms with Gasteiger partial charge in [-0.2, -0.15) is 0 Å². The van der Waals surface area contributed by atoms with Crippen LogP contribution < -0.4 is 4.90 Å². The number of aryl methyl sites for hydroxylation is 1. The predicted molar refractivity (Wildman–Crippen MR) is 106 cm³/mol. The molecule has 2 amide bonds. The molecule has 2 fully saturated rings. The number of carbonyl (C=O) groups excluding carboxylic acids is 2. The lowest BCUT2D eigenvalue weighted by atomic mass is 9.92. The van der Waals surface area contributed by atoms with Gasteiger partial charge in [0.15, 0.2) is 0 Å². The molecule has 1 aromatic heterocycles. The van der Waals surface area contributed by atoms with E-state index < -0.39 is 5.60 Å². The van der Waals surface area contributed by atoms with Crippen molar-refractivity contribution in [3.8, 4) is 0 Å². The fourth-order valence-corrected chi connectivity index (χ4v) is 4.01. The summed E-state index contributed by atoms with van der Waals surface area (Å²) >= 11 is 0. The van der Waals surface area contributed by atoms with Gasteiger partial charge >= 0.3 is 0 Å². The van der Waals surface area contributed by atoms with Crippen LogP contribution in [0.25, 0.3) is 0 Å². The van der Waals surface area contributed by atoms with Crippen LogP contribution in [0, 0.1) is 6.92 Å². The van der Waals surface area contributed by atoms with Gasteiger partial charge < -0.3 is 14.5 Å². The number of hydrogen-bond donors (Lipinski definition) is 0. The summed E-state index contributed by atoms with van der Waals surface area (Å²) in [7, 11) is 0. The monoisotopic (exact) mass is 379 g/mol. The highest BCUT2D eigenvalue weighted by molar-refractivity contribution is 5.95. The van der Waals surface area contributed by atoms with Crippen LogP contribution in [0.5, 0.6) is 0 Å². The molecule has 0 aliphatic carbocycles. The molecule has 2 saturated heterocycles. The van der Waals surface area contributed by atoms with Crippen LogP contribution in [0.1, 0.15) is 35.3 Å². The normalized spacial score (nSPS) is 23.0. The minimum atomic E-state index is -0.399. The number of para-hydroxylation sites is 1. The number of anilines is 1. The number of rotatable bonds is 2. The Hall–Kier alpha value is -2.73. The summed E-state index contributed by atoms with van der Waals surface area (Å²) in [5.41, 5.74) is 2.02. The first kappa shape index (κ1) is 18.6. The van der Waals surface area contributed by atoms with Gasteiger partial charge in [0, 0.05) is 30.7 Å². The second kappa shape index (κ2) is 7.72. The van der Waals surface area contributed by atoms with Crippen molar-refractivity contribution in [3.05, 3.63) is 59.9 Å². The Bertz CT molecular complexity index is 853. The molecule has 1 aromatic carbocycles. The van der Waals surface area contributed by atoms with Crippen molar-refractivity contribution in [1.29, 1.82) is 0 Å². The van der Waals surface area contributed by atoms with Gasteiger partial charge in [-0.25, -0.2) is 0 Å². The van der Waals surface area contributed by atoms with E-state index in [2.05, 4.69) is 4.98 Å². The van der Waals surface area contributed by atoms with Crippen LogP contribution in [0.3, 0.4) is 0 Å². The third-order valence-corrected chi connectivity index (χ3v) is 5.66. The van der Waals surface area contributed by atoms with E-state index in [9.17, 15) is 9.59 Å². The number of pyridine rings is 1. The average Bonchev–Trinajstić information content (AvgIpc) is 2.93. The topological polar surface area (TPSA) is 62.7 Å². The molecule has 28 heavy (non-hydrogen) atoms. The van der Waals surface area contributed by atoms with E-state index in [0.29, 0.717) is 31.6 Å². The van der Waals surface area contributed by atoms with Crippen LogP contribution in [0.15, 0.2) is 48.7 Å². The van der Waals surface area contributed by atoms with Crippen molar-refractivity contribution in [2.24, 2.45) is 0 Å². The molecule has 1 unspecified atom stereocenters. The molecule has 0 bridgehead atoms. The molecule has 146 valence electrons. The van der Waals surface area contributed by atoms with Crippen molar-refractivity contribution in [2.45, 2.75) is 31.8 Å². The van der Waals surface area contributed by atoms with E-state index in [1.165, 1.54) is 0 Å². The second-order valence-corrected chi connectivity index (χ2v) is 7.62. The molecule has 4 rings (SSSR count). The van der Waals surface area contributed by atoms with E-state index >= 15 is 0 Å². The average molecular weight is 379 g/mol. The third-order valence-electron chi connectivity index (χ3n) is 5.66. The van der Waals surface area contributed by atoms with E-state index in [4.69, 9.17) is 4.74 Å². The van der Waals surface area contributed by atoms with Gasteiger partial charge in [0.25, 0.3) is 11.8 Å². The van der Waals surface area contributed by atoms with E-state index in [-0.39, 0.29) is 18.4 Å². The molecular weight excluding hydrogens is 354 g/mol. The van der Waals surface area contributed by atoms with E-state index in [0.717, 1.165) is 24.2 Å². The lowest BCUT2D eigenvalue weighted by Gasteiger charge is -2.42. The number of carbonyl (C=O) groups is 2. The Morgan fingerprint density at radius 3 is 2.68 bits per heavy atom. The largest absolute Gasteiger partial charge is 0.363 e. The van der Waals surface area contributed by atoms with Crippen LogP contribution in [-0.4, -0.2) is 53.5 Å². The molecule has 6 nitrogen and oxygen atoms in total. The molecule has 1 spiro atoms. The summed E-state index contributed by atoms with van der Waals surface area (Å²) in [6.07, 6.45) is 4.04. The van der Waals surface area contributed by atoms with Crippen LogP contribution >= 0.6 is 0 Å². The molecular formula is C22H25N3O3. The third kappa shape index (κ3) is 3.78. The maximum atomic E-state index is 12.9. The quantitative estimate of drug-likeness (QED) is 0.805. The molecule has 0 N–H and O–H groups in total. The Labute approximate surface area is 165 Å². The second-order valence-electron chi connectivity index (χ2n) is 7.62. The number of hydrogen-bond acceptors (Lipinski definition) is 4. The number of nitrogens with zero attached hydrogens (tertiary/aromatic N) is 3. The van der Waals surface area contributed by atoms with Gasteiger partial charge in [-0.05, 0) is 50.5 Å². The lowest BCUT2D eigenvalue weighted by Crippen LogP contribution is -2.55. The highest BCUT2D eigenvalue weighted by atomic mass is 16.5. The highest BCUT2D eigenvalue weighted by Gasteiger charge is 2.42. The first-order valence-electron chi connectivity index (χ1n) is 9.78. The van der Waals surface area contributed by atoms with Crippen molar-refractivity contribution in [3.63, 3.8) is 0 Å². The van der Waals surface area contributed by atoms with Gasteiger partial charge in [-0.3, -0.25) is 14.6 Å².